The van der Waals surface area contributed by atoms with Crippen molar-refractivity contribution >= 4 is 17.5 Å². The van der Waals surface area contributed by atoms with Crippen molar-refractivity contribution in [3.8, 4) is 0 Å². The van der Waals surface area contributed by atoms with Gasteiger partial charge in [0.25, 0.3) is 0 Å². The van der Waals surface area contributed by atoms with Crippen LogP contribution in [0.5, 0.6) is 0 Å². The van der Waals surface area contributed by atoms with E-state index < -0.39 is 0 Å². The van der Waals surface area contributed by atoms with Crippen LogP contribution in [0.4, 0.5) is 5.95 Å². The Labute approximate surface area is 135 Å². The minimum absolute atomic E-state index is 0.489. The highest BCUT2D eigenvalue weighted by Gasteiger charge is 2.46. The first kappa shape index (κ1) is 14.0. The normalized spacial score (nSPS) is 28.1. The van der Waals surface area contributed by atoms with Gasteiger partial charge in [-0.15, -0.1) is 0 Å². The molecule has 4 rings (SSSR count). The fourth-order valence-corrected chi connectivity index (χ4v) is 4.14. The average Bonchev–Trinajstić information content (AvgIpc) is 3.05. The summed E-state index contributed by atoms with van der Waals surface area (Å²) in [5.74, 6) is 2.11. The van der Waals surface area contributed by atoms with Crippen LogP contribution in [0, 0.1) is 11.8 Å². The van der Waals surface area contributed by atoms with Crippen LogP contribution < -0.4 is 4.90 Å². The molecule has 2 fully saturated rings. The van der Waals surface area contributed by atoms with Crippen molar-refractivity contribution in [1.29, 1.82) is 0 Å². The third-order valence-corrected chi connectivity index (χ3v) is 5.12. The second-order valence-electron chi connectivity index (χ2n) is 6.33. The maximum absolute atomic E-state index is 5.89. The maximum atomic E-state index is 5.89. The lowest BCUT2D eigenvalue weighted by Crippen LogP contribution is -2.29. The van der Waals surface area contributed by atoms with Gasteiger partial charge in [0.15, 0.2) is 0 Å². The van der Waals surface area contributed by atoms with Gasteiger partial charge < -0.3 is 4.90 Å². The quantitative estimate of drug-likeness (QED) is 0.853. The number of benzene rings is 1. The summed E-state index contributed by atoms with van der Waals surface area (Å²) in [4.78, 5) is 13.5. The standard InChI is InChI=1S/C17H19ClN4/c1-21-9-13-10-22(17-19-7-14(18)8-20-17)11-15(13)16(21)12-5-3-2-4-6-12/h2-8,13,15-16H,9-11H2,1H3/t13-,15+,16-/m1/s1. The van der Waals surface area contributed by atoms with Gasteiger partial charge in [0.05, 0.1) is 17.4 Å². The van der Waals surface area contributed by atoms with E-state index in [9.17, 15) is 0 Å². The summed E-state index contributed by atoms with van der Waals surface area (Å²) in [6.45, 7) is 3.17. The predicted octanol–water partition coefficient (Wildman–Crippen LogP) is 2.87. The first-order chi connectivity index (χ1) is 10.7. The molecule has 3 heterocycles. The van der Waals surface area contributed by atoms with Gasteiger partial charge in [-0.2, -0.15) is 0 Å². The maximum Gasteiger partial charge on any atom is 0.225 e. The molecular weight excluding hydrogens is 296 g/mol. The molecule has 0 bridgehead atoms. The molecule has 5 heteroatoms. The largest absolute Gasteiger partial charge is 0.340 e. The summed E-state index contributed by atoms with van der Waals surface area (Å²) in [5.41, 5.74) is 1.41. The van der Waals surface area contributed by atoms with Crippen molar-refractivity contribution in [3.63, 3.8) is 0 Å². The van der Waals surface area contributed by atoms with Gasteiger partial charge >= 0.3 is 0 Å². The lowest BCUT2D eigenvalue weighted by molar-refractivity contribution is 0.279. The van der Waals surface area contributed by atoms with Crippen LogP contribution in [-0.2, 0) is 0 Å². The highest BCUT2D eigenvalue weighted by atomic mass is 35.5. The highest BCUT2D eigenvalue weighted by molar-refractivity contribution is 6.30. The Bertz CT molecular complexity index is 645. The first-order valence-electron chi connectivity index (χ1n) is 7.70. The van der Waals surface area contributed by atoms with E-state index in [-0.39, 0.29) is 0 Å². The minimum Gasteiger partial charge on any atom is -0.340 e. The van der Waals surface area contributed by atoms with Crippen LogP contribution in [0.2, 0.25) is 5.02 Å². The van der Waals surface area contributed by atoms with Crippen molar-refractivity contribution < 1.29 is 0 Å². The summed E-state index contributed by atoms with van der Waals surface area (Å²) >= 11 is 5.89. The van der Waals surface area contributed by atoms with E-state index in [0.29, 0.717) is 22.9 Å². The fraction of sp³-hybridized carbons (Fsp3) is 0.412. The Hall–Kier alpha value is -1.65. The molecule has 0 amide bonds. The van der Waals surface area contributed by atoms with Gasteiger partial charge in [-0.1, -0.05) is 41.9 Å². The number of aromatic nitrogens is 2. The molecule has 0 unspecified atom stereocenters. The molecule has 4 nitrogen and oxygen atoms in total. The SMILES string of the molecule is CN1C[C@@H]2CN(c3ncc(Cl)cn3)C[C@@H]2[C@H]1c1ccccc1. The molecule has 0 spiro atoms. The van der Waals surface area contributed by atoms with Crippen LogP contribution in [0.1, 0.15) is 11.6 Å². The van der Waals surface area contributed by atoms with Gasteiger partial charge in [0.2, 0.25) is 5.95 Å². The molecule has 1 aromatic heterocycles. The van der Waals surface area contributed by atoms with Crippen LogP contribution in [0.3, 0.4) is 0 Å². The van der Waals surface area contributed by atoms with E-state index in [1.54, 1.807) is 12.4 Å². The van der Waals surface area contributed by atoms with E-state index in [0.717, 1.165) is 25.6 Å². The number of fused-ring (bicyclic) bond motifs is 1. The predicted molar refractivity (Wildman–Crippen MR) is 88.0 cm³/mol. The van der Waals surface area contributed by atoms with Crippen LogP contribution in [0.15, 0.2) is 42.7 Å². The van der Waals surface area contributed by atoms with Crippen molar-refractivity contribution in [1.82, 2.24) is 14.9 Å². The number of rotatable bonds is 2. The zero-order valence-corrected chi connectivity index (χ0v) is 13.3. The Kier molecular flexibility index (Phi) is 3.51. The minimum atomic E-state index is 0.489. The van der Waals surface area contributed by atoms with Gasteiger partial charge in [-0.3, -0.25) is 4.90 Å². The molecule has 2 saturated heterocycles. The zero-order valence-electron chi connectivity index (χ0n) is 12.6. The molecule has 2 aliphatic rings. The Balaban J connectivity index is 1.57. The monoisotopic (exact) mass is 314 g/mol. The first-order valence-corrected chi connectivity index (χ1v) is 8.08. The van der Waals surface area contributed by atoms with Crippen LogP contribution in [0.25, 0.3) is 0 Å². The summed E-state index contributed by atoms with van der Waals surface area (Å²) in [5, 5.41) is 0.588. The van der Waals surface area contributed by atoms with E-state index in [1.807, 2.05) is 0 Å². The average molecular weight is 315 g/mol. The molecule has 0 saturated carbocycles. The summed E-state index contributed by atoms with van der Waals surface area (Å²) in [6.07, 6.45) is 3.36. The number of hydrogen-bond donors (Lipinski definition) is 0. The molecule has 0 aliphatic carbocycles. The summed E-state index contributed by atoms with van der Waals surface area (Å²) in [6, 6.07) is 11.3. The fourth-order valence-electron chi connectivity index (χ4n) is 4.04. The van der Waals surface area contributed by atoms with E-state index >= 15 is 0 Å². The Morgan fingerprint density at radius 2 is 1.77 bits per heavy atom. The summed E-state index contributed by atoms with van der Waals surface area (Å²) < 4.78 is 0. The number of halogens is 1. The number of likely N-dealkylation sites (tertiary alicyclic amines) is 1. The number of nitrogens with zero attached hydrogens (tertiary/aromatic N) is 4. The lowest BCUT2D eigenvalue weighted by Gasteiger charge is -2.26. The van der Waals surface area contributed by atoms with Gasteiger partial charge in [0, 0.05) is 31.6 Å². The molecule has 1 aromatic carbocycles. The van der Waals surface area contributed by atoms with Crippen molar-refractivity contribution in [2.24, 2.45) is 11.8 Å². The zero-order chi connectivity index (χ0) is 15.1. The molecule has 114 valence electrons. The van der Waals surface area contributed by atoms with Gasteiger partial charge in [-0.05, 0) is 18.5 Å². The molecule has 2 aliphatic heterocycles. The third-order valence-electron chi connectivity index (χ3n) is 4.93. The van der Waals surface area contributed by atoms with Gasteiger partial charge in [-0.25, -0.2) is 9.97 Å². The van der Waals surface area contributed by atoms with Crippen LogP contribution >= 0.6 is 11.6 Å². The lowest BCUT2D eigenvalue weighted by atomic mass is 9.90. The molecule has 22 heavy (non-hydrogen) atoms. The topological polar surface area (TPSA) is 32.3 Å². The molecule has 0 radical (unpaired) electrons. The second kappa shape index (κ2) is 5.52. The number of anilines is 1. The van der Waals surface area contributed by atoms with E-state index in [4.69, 9.17) is 11.6 Å². The smallest absolute Gasteiger partial charge is 0.225 e. The van der Waals surface area contributed by atoms with E-state index in [2.05, 4.69) is 57.1 Å². The molecule has 3 atom stereocenters. The second-order valence-corrected chi connectivity index (χ2v) is 6.76. The Morgan fingerprint density at radius 3 is 2.50 bits per heavy atom. The molecular formula is C17H19ClN4. The third kappa shape index (κ3) is 2.36. The van der Waals surface area contributed by atoms with Crippen molar-refractivity contribution in [3.05, 3.63) is 53.3 Å². The number of hydrogen-bond acceptors (Lipinski definition) is 4. The molecule has 0 N–H and O–H groups in total. The van der Waals surface area contributed by atoms with Crippen LogP contribution in [-0.4, -0.2) is 41.5 Å². The Morgan fingerprint density at radius 1 is 1.05 bits per heavy atom. The van der Waals surface area contributed by atoms with Crippen molar-refractivity contribution in [2.45, 2.75) is 6.04 Å². The van der Waals surface area contributed by atoms with Crippen molar-refractivity contribution in [2.75, 3.05) is 31.6 Å². The van der Waals surface area contributed by atoms with Gasteiger partial charge in [0.1, 0.15) is 0 Å². The summed E-state index contributed by atoms with van der Waals surface area (Å²) in [7, 11) is 2.24. The molecule has 2 aromatic rings. The van der Waals surface area contributed by atoms with E-state index in [1.165, 1.54) is 5.56 Å². The highest BCUT2D eigenvalue weighted by Crippen LogP contribution is 2.44.